The predicted molar refractivity (Wildman–Crippen MR) is 87.6 cm³/mol. The highest BCUT2D eigenvalue weighted by Gasteiger charge is 2.19. The lowest BCUT2D eigenvalue weighted by molar-refractivity contribution is 0.699. The molecule has 0 radical (unpaired) electrons. The highest BCUT2D eigenvalue weighted by Crippen LogP contribution is 2.27. The van der Waals surface area contributed by atoms with Crippen molar-refractivity contribution in [1.82, 2.24) is 24.4 Å². The van der Waals surface area contributed by atoms with E-state index < -0.39 is 0 Å². The van der Waals surface area contributed by atoms with Crippen molar-refractivity contribution in [1.29, 1.82) is 0 Å². The third kappa shape index (κ3) is 2.16. The van der Waals surface area contributed by atoms with E-state index in [0.717, 1.165) is 22.0 Å². The first-order chi connectivity index (χ1) is 10.4. The smallest absolute Gasteiger partial charge is 0.261 e. The van der Waals surface area contributed by atoms with Crippen molar-refractivity contribution in [2.45, 2.75) is 47.1 Å². The zero-order chi connectivity index (χ0) is 16.0. The first-order valence-corrected chi connectivity index (χ1v) is 8.19. The maximum atomic E-state index is 12.7. The highest BCUT2D eigenvalue weighted by molar-refractivity contribution is 7.19. The second-order valence-electron chi connectivity index (χ2n) is 5.71. The topological polar surface area (TPSA) is 65.1 Å². The average Bonchev–Trinajstić information content (AvgIpc) is 2.97. The Bertz CT molecular complexity index is 903. The first-order valence-electron chi connectivity index (χ1n) is 7.37. The SMILES string of the molecule is CCn1c(C)cc(C)c(-c2nn3c(C(C)C)nnc3s2)c1=O. The average molecular weight is 317 g/mol. The second-order valence-corrected chi connectivity index (χ2v) is 6.66. The molecule has 0 saturated heterocycles. The van der Waals surface area contributed by atoms with E-state index in [4.69, 9.17) is 0 Å². The summed E-state index contributed by atoms with van der Waals surface area (Å²) >= 11 is 1.41. The minimum absolute atomic E-state index is 0.0102. The Labute approximate surface area is 132 Å². The summed E-state index contributed by atoms with van der Waals surface area (Å²) in [6.45, 7) is 10.6. The Morgan fingerprint density at radius 3 is 2.64 bits per heavy atom. The molecule has 0 aliphatic heterocycles. The van der Waals surface area contributed by atoms with Crippen molar-refractivity contribution in [3.8, 4) is 10.6 Å². The van der Waals surface area contributed by atoms with Gasteiger partial charge in [-0.25, -0.2) is 0 Å². The van der Waals surface area contributed by atoms with Gasteiger partial charge in [-0.1, -0.05) is 25.2 Å². The number of aromatic nitrogens is 5. The minimum atomic E-state index is 0.0102. The summed E-state index contributed by atoms with van der Waals surface area (Å²) in [6, 6.07) is 2.03. The third-order valence-corrected chi connectivity index (χ3v) is 4.68. The summed E-state index contributed by atoms with van der Waals surface area (Å²) in [4.78, 5) is 13.5. The van der Waals surface area contributed by atoms with Gasteiger partial charge in [0.15, 0.2) is 10.8 Å². The molecular weight excluding hydrogens is 298 g/mol. The molecule has 0 spiro atoms. The van der Waals surface area contributed by atoms with E-state index in [1.807, 2.05) is 26.8 Å². The summed E-state index contributed by atoms with van der Waals surface area (Å²) < 4.78 is 3.52. The van der Waals surface area contributed by atoms with E-state index in [2.05, 4.69) is 29.1 Å². The molecule has 0 amide bonds. The molecule has 0 aliphatic rings. The highest BCUT2D eigenvalue weighted by atomic mass is 32.1. The zero-order valence-electron chi connectivity index (χ0n) is 13.4. The Kier molecular flexibility index (Phi) is 3.60. The Balaban J connectivity index is 2.26. The van der Waals surface area contributed by atoms with Crippen molar-refractivity contribution < 1.29 is 0 Å². The molecule has 0 aliphatic carbocycles. The summed E-state index contributed by atoms with van der Waals surface area (Å²) in [6.07, 6.45) is 0. The molecule has 116 valence electrons. The quantitative estimate of drug-likeness (QED) is 0.745. The normalized spacial score (nSPS) is 11.7. The minimum Gasteiger partial charge on any atom is -0.313 e. The molecule has 0 aromatic carbocycles. The second kappa shape index (κ2) is 5.31. The van der Waals surface area contributed by atoms with Crippen LogP contribution in [0, 0.1) is 13.8 Å². The third-order valence-electron chi connectivity index (χ3n) is 3.77. The molecule has 22 heavy (non-hydrogen) atoms. The van der Waals surface area contributed by atoms with Crippen molar-refractivity contribution in [3.05, 3.63) is 33.5 Å². The van der Waals surface area contributed by atoms with E-state index in [1.165, 1.54) is 11.3 Å². The van der Waals surface area contributed by atoms with Crippen molar-refractivity contribution in [2.24, 2.45) is 0 Å². The maximum absolute atomic E-state index is 12.7. The number of hydrogen-bond acceptors (Lipinski definition) is 5. The van der Waals surface area contributed by atoms with Gasteiger partial charge in [0.25, 0.3) is 5.56 Å². The predicted octanol–water partition coefficient (Wildman–Crippen LogP) is 2.77. The molecule has 6 nitrogen and oxygen atoms in total. The molecule has 0 fully saturated rings. The molecule has 0 atom stereocenters. The lowest BCUT2D eigenvalue weighted by Gasteiger charge is -2.11. The van der Waals surface area contributed by atoms with Crippen LogP contribution in [-0.2, 0) is 6.54 Å². The molecule has 0 unspecified atom stereocenters. The summed E-state index contributed by atoms with van der Waals surface area (Å²) in [5.74, 6) is 1.05. The molecular formula is C15H19N5OS. The summed E-state index contributed by atoms with van der Waals surface area (Å²) in [5.41, 5.74) is 2.59. The Morgan fingerprint density at radius 2 is 2.00 bits per heavy atom. The zero-order valence-corrected chi connectivity index (χ0v) is 14.2. The fourth-order valence-electron chi connectivity index (χ4n) is 2.67. The van der Waals surface area contributed by atoms with Crippen molar-refractivity contribution in [2.75, 3.05) is 0 Å². The van der Waals surface area contributed by atoms with Gasteiger partial charge < -0.3 is 4.57 Å². The maximum Gasteiger partial charge on any atom is 0.261 e. The van der Waals surface area contributed by atoms with E-state index in [-0.39, 0.29) is 11.5 Å². The van der Waals surface area contributed by atoms with Crippen LogP contribution in [0.4, 0.5) is 0 Å². The van der Waals surface area contributed by atoms with Gasteiger partial charge in [-0.3, -0.25) is 4.79 Å². The monoisotopic (exact) mass is 317 g/mol. The number of nitrogens with zero attached hydrogens (tertiary/aromatic N) is 5. The lowest BCUT2D eigenvalue weighted by atomic mass is 10.1. The molecule has 0 saturated carbocycles. The summed E-state index contributed by atoms with van der Waals surface area (Å²) in [5, 5.41) is 13.6. The number of rotatable bonds is 3. The molecule has 3 aromatic heterocycles. The van der Waals surface area contributed by atoms with Crippen molar-refractivity contribution in [3.63, 3.8) is 0 Å². The Hall–Kier alpha value is -2.02. The number of aryl methyl sites for hydroxylation is 2. The van der Waals surface area contributed by atoms with Gasteiger partial charge in [0.05, 0.1) is 5.56 Å². The van der Waals surface area contributed by atoms with Crippen molar-refractivity contribution >= 4 is 16.3 Å². The first kappa shape index (κ1) is 14.9. The number of fused-ring (bicyclic) bond motifs is 1. The fraction of sp³-hybridized carbons (Fsp3) is 0.467. The molecule has 3 heterocycles. The van der Waals surface area contributed by atoms with Gasteiger partial charge in [0, 0.05) is 18.2 Å². The van der Waals surface area contributed by atoms with Crippen LogP contribution in [0.2, 0.25) is 0 Å². The van der Waals surface area contributed by atoms with Crippen LogP contribution < -0.4 is 5.56 Å². The van der Waals surface area contributed by atoms with Gasteiger partial charge in [0.1, 0.15) is 0 Å². The van der Waals surface area contributed by atoms with Gasteiger partial charge >= 0.3 is 0 Å². The molecule has 0 bridgehead atoms. The van der Waals surface area contributed by atoms with Gasteiger partial charge in [-0.15, -0.1) is 10.2 Å². The van der Waals surface area contributed by atoms with Gasteiger partial charge in [-0.05, 0) is 32.4 Å². The van der Waals surface area contributed by atoms with Crippen LogP contribution >= 0.6 is 11.3 Å². The van der Waals surface area contributed by atoms with Gasteiger partial charge in [-0.2, -0.15) is 9.61 Å². The van der Waals surface area contributed by atoms with Crippen LogP contribution in [0.5, 0.6) is 0 Å². The van der Waals surface area contributed by atoms with E-state index in [1.54, 1.807) is 9.08 Å². The van der Waals surface area contributed by atoms with E-state index in [0.29, 0.717) is 17.1 Å². The molecule has 0 N–H and O–H groups in total. The van der Waals surface area contributed by atoms with E-state index >= 15 is 0 Å². The van der Waals surface area contributed by atoms with Crippen LogP contribution in [-0.4, -0.2) is 24.4 Å². The molecule has 3 rings (SSSR count). The van der Waals surface area contributed by atoms with Gasteiger partial charge in [0.2, 0.25) is 4.96 Å². The fourth-order valence-corrected chi connectivity index (χ4v) is 3.62. The van der Waals surface area contributed by atoms with Crippen LogP contribution in [0.25, 0.3) is 15.5 Å². The number of pyridine rings is 1. The lowest BCUT2D eigenvalue weighted by Crippen LogP contribution is -2.24. The molecule has 3 aromatic rings. The summed E-state index contributed by atoms with van der Waals surface area (Å²) in [7, 11) is 0. The number of hydrogen-bond donors (Lipinski definition) is 0. The van der Waals surface area contributed by atoms with Crippen LogP contribution in [0.3, 0.4) is 0 Å². The molecule has 7 heteroatoms. The van der Waals surface area contributed by atoms with Crippen LogP contribution in [0.1, 0.15) is 43.8 Å². The van der Waals surface area contributed by atoms with Crippen LogP contribution in [0.15, 0.2) is 10.9 Å². The standard InChI is InChI=1S/C15H19N5OS/c1-6-19-10(5)7-9(4)11(14(19)21)13-18-20-12(8(2)3)16-17-15(20)22-13/h7-8H,6H2,1-5H3. The van der Waals surface area contributed by atoms with E-state index in [9.17, 15) is 4.79 Å². The Morgan fingerprint density at radius 1 is 1.27 bits per heavy atom. The largest absolute Gasteiger partial charge is 0.313 e.